The Bertz CT molecular complexity index is 503. The second-order valence-electron chi connectivity index (χ2n) is 3.98. The van der Waals surface area contributed by atoms with Crippen molar-refractivity contribution in [3.8, 4) is 0 Å². The van der Waals surface area contributed by atoms with Gasteiger partial charge in [-0.05, 0) is 43.2 Å². The van der Waals surface area contributed by atoms with Gasteiger partial charge in [-0.25, -0.2) is 0 Å². The third-order valence-electron chi connectivity index (χ3n) is 2.71. The third kappa shape index (κ3) is 3.24. The van der Waals surface area contributed by atoms with E-state index < -0.39 is 0 Å². The lowest BCUT2D eigenvalue weighted by Crippen LogP contribution is -2.24. The fraction of sp³-hybridized carbons (Fsp3) is 0.333. The predicted octanol–water partition coefficient (Wildman–Crippen LogP) is 3.50. The van der Waals surface area contributed by atoms with E-state index in [1.165, 1.54) is 21.6 Å². The van der Waals surface area contributed by atoms with Crippen LogP contribution in [-0.4, -0.2) is 0 Å². The molecule has 0 aromatic heterocycles. The van der Waals surface area contributed by atoms with E-state index in [4.69, 9.17) is 11.6 Å². The van der Waals surface area contributed by atoms with Crippen LogP contribution >= 0.6 is 11.6 Å². The molecule has 0 atom stereocenters. The lowest BCUT2D eigenvalue weighted by molar-refractivity contribution is 1.15. The molecule has 16 heavy (non-hydrogen) atoms. The van der Waals surface area contributed by atoms with Gasteiger partial charge in [-0.2, -0.15) is 0 Å². The molecule has 0 amide bonds. The van der Waals surface area contributed by atoms with Gasteiger partial charge in [-0.15, -0.1) is 0 Å². The van der Waals surface area contributed by atoms with Gasteiger partial charge in [-0.3, -0.25) is 0 Å². The normalized spacial score (nSPS) is 15.3. The molecular formula is C15H19Cl. The highest BCUT2D eigenvalue weighted by Gasteiger charge is 1.94. The number of hydrogen-bond acceptors (Lipinski definition) is 0. The SMILES string of the molecule is CC=c1ccc(C)c/c1=C/C(CC)=C(\C)Cl. The van der Waals surface area contributed by atoms with Gasteiger partial charge in [0.2, 0.25) is 0 Å². The van der Waals surface area contributed by atoms with Crippen molar-refractivity contribution in [1.82, 2.24) is 0 Å². The molecule has 0 aliphatic carbocycles. The molecule has 0 saturated carbocycles. The Hall–Kier alpha value is -1.01. The lowest BCUT2D eigenvalue weighted by atomic mass is 10.1. The van der Waals surface area contributed by atoms with Gasteiger partial charge in [0.25, 0.3) is 0 Å². The maximum absolute atomic E-state index is 6.07. The molecule has 0 saturated heterocycles. The summed E-state index contributed by atoms with van der Waals surface area (Å²) in [6.07, 6.45) is 5.28. The molecule has 0 aliphatic rings. The van der Waals surface area contributed by atoms with Gasteiger partial charge in [0, 0.05) is 5.03 Å². The number of aryl methyl sites for hydroxylation is 1. The van der Waals surface area contributed by atoms with Gasteiger partial charge in [0.05, 0.1) is 0 Å². The highest BCUT2D eigenvalue weighted by atomic mass is 35.5. The van der Waals surface area contributed by atoms with Gasteiger partial charge in [0.15, 0.2) is 0 Å². The second kappa shape index (κ2) is 5.91. The molecule has 86 valence electrons. The summed E-state index contributed by atoms with van der Waals surface area (Å²) < 4.78 is 0. The van der Waals surface area contributed by atoms with Crippen LogP contribution in [0.3, 0.4) is 0 Å². The third-order valence-corrected chi connectivity index (χ3v) is 2.95. The molecule has 0 aliphatic heterocycles. The van der Waals surface area contributed by atoms with Gasteiger partial charge in [0.1, 0.15) is 0 Å². The van der Waals surface area contributed by atoms with Crippen LogP contribution < -0.4 is 10.4 Å². The maximum Gasteiger partial charge on any atom is 0.0182 e. The van der Waals surface area contributed by atoms with Crippen molar-refractivity contribution in [2.45, 2.75) is 34.1 Å². The van der Waals surface area contributed by atoms with Gasteiger partial charge < -0.3 is 0 Å². The first kappa shape index (κ1) is 13.1. The van der Waals surface area contributed by atoms with Crippen molar-refractivity contribution in [2.24, 2.45) is 0 Å². The maximum atomic E-state index is 6.07. The summed E-state index contributed by atoms with van der Waals surface area (Å²) >= 11 is 6.07. The van der Waals surface area contributed by atoms with Crippen molar-refractivity contribution < 1.29 is 0 Å². The zero-order chi connectivity index (χ0) is 12.1. The Morgan fingerprint density at radius 3 is 2.50 bits per heavy atom. The van der Waals surface area contributed by atoms with E-state index in [0.29, 0.717) is 0 Å². The van der Waals surface area contributed by atoms with Crippen molar-refractivity contribution in [2.75, 3.05) is 0 Å². The van der Waals surface area contributed by atoms with E-state index in [2.05, 4.69) is 51.1 Å². The topological polar surface area (TPSA) is 0 Å². The molecule has 0 spiro atoms. The molecule has 0 bridgehead atoms. The van der Waals surface area contributed by atoms with Crippen LogP contribution in [0.15, 0.2) is 28.8 Å². The Morgan fingerprint density at radius 1 is 1.31 bits per heavy atom. The standard InChI is InChI=1S/C15H19Cl/c1-5-13-8-7-11(3)9-15(13)10-14(6-2)12(4)16/h5,7-10H,6H2,1-4H3/b13-5?,14-12+,15-10-. The first-order valence-electron chi connectivity index (χ1n) is 5.68. The zero-order valence-electron chi connectivity index (χ0n) is 10.5. The largest absolute Gasteiger partial charge is 0.0892 e. The van der Waals surface area contributed by atoms with Crippen LogP contribution in [0.5, 0.6) is 0 Å². The quantitative estimate of drug-likeness (QED) is 0.735. The highest BCUT2D eigenvalue weighted by Crippen LogP contribution is 2.12. The van der Waals surface area contributed by atoms with E-state index in [-0.39, 0.29) is 0 Å². The van der Waals surface area contributed by atoms with E-state index in [9.17, 15) is 0 Å². The molecule has 0 unspecified atom stereocenters. The average Bonchev–Trinajstić information content (AvgIpc) is 2.25. The molecule has 1 aromatic carbocycles. The van der Waals surface area contributed by atoms with Gasteiger partial charge >= 0.3 is 0 Å². The minimum Gasteiger partial charge on any atom is -0.0892 e. The van der Waals surface area contributed by atoms with Crippen LogP contribution in [0.2, 0.25) is 0 Å². The Labute approximate surface area is 103 Å². The summed E-state index contributed by atoms with van der Waals surface area (Å²) in [7, 11) is 0. The summed E-state index contributed by atoms with van der Waals surface area (Å²) in [5.41, 5.74) is 2.48. The first-order valence-corrected chi connectivity index (χ1v) is 6.06. The minimum absolute atomic E-state index is 0.881. The predicted molar refractivity (Wildman–Crippen MR) is 73.9 cm³/mol. The summed E-state index contributed by atoms with van der Waals surface area (Å²) in [5.74, 6) is 0. The van der Waals surface area contributed by atoms with Crippen molar-refractivity contribution in [1.29, 1.82) is 0 Å². The van der Waals surface area contributed by atoms with Gasteiger partial charge in [-0.1, -0.05) is 54.4 Å². The first-order chi connectivity index (χ1) is 7.58. The average molecular weight is 235 g/mol. The molecule has 0 heterocycles. The molecule has 0 radical (unpaired) electrons. The molecular weight excluding hydrogens is 216 g/mol. The van der Waals surface area contributed by atoms with Crippen LogP contribution in [0, 0.1) is 6.92 Å². The Morgan fingerprint density at radius 2 is 2.00 bits per heavy atom. The number of halogens is 1. The number of allylic oxidation sites excluding steroid dienone is 2. The van der Waals surface area contributed by atoms with E-state index in [1.54, 1.807) is 0 Å². The molecule has 0 fully saturated rings. The molecule has 1 rings (SSSR count). The number of rotatable bonds is 2. The summed E-state index contributed by atoms with van der Waals surface area (Å²) in [6.45, 7) is 8.25. The van der Waals surface area contributed by atoms with Crippen molar-refractivity contribution in [3.63, 3.8) is 0 Å². The Balaban J connectivity index is 3.49. The van der Waals surface area contributed by atoms with Crippen LogP contribution in [-0.2, 0) is 0 Å². The smallest absolute Gasteiger partial charge is 0.0182 e. The number of benzene rings is 1. The number of hydrogen-bond donors (Lipinski definition) is 0. The van der Waals surface area contributed by atoms with E-state index >= 15 is 0 Å². The molecule has 0 N–H and O–H groups in total. The summed E-state index contributed by atoms with van der Waals surface area (Å²) in [4.78, 5) is 0. The molecule has 1 aromatic rings. The van der Waals surface area contributed by atoms with Crippen molar-refractivity contribution in [3.05, 3.63) is 44.8 Å². The molecule has 0 nitrogen and oxygen atoms in total. The van der Waals surface area contributed by atoms with Crippen LogP contribution in [0.25, 0.3) is 12.2 Å². The highest BCUT2D eigenvalue weighted by molar-refractivity contribution is 6.30. The Kier molecular flexibility index (Phi) is 4.82. The minimum atomic E-state index is 0.881. The van der Waals surface area contributed by atoms with Crippen LogP contribution in [0.4, 0.5) is 0 Å². The van der Waals surface area contributed by atoms with E-state index in [1.807, 2.05) is 6.92 Å². The summed E-state index contributed by atoms with van der Waals surface area (Å²) in [6, 6.07) is 6.48. The monoisotopic (exact) mass is 234 g/mol. The van der Waals surface area contributed by atoms with Crippen molar-refractivity contribution >= 4 is 23.8 Å². The molecule has 1 heteroatoms. The summed E-state index contributed by atoms with van der Waals surface area (Å²) in [5, 5.41) is 3.39. The van der Waals surface area contributed by atoms with Crippen LogP contribution in [0.1, 0.15) is 32.8 Å². The lowest BCUT2D eigenvalue weighted by Gasteiger charge is -2.00. The fourth-order valence-corrected chi connectivity index (χ4v) is 1.90. The fourth-order valence-electron chi connectivity index (χ4n) is 1.71. The second-order valence-corrected chi connectivity index (χ2v) is 4.54. The zero-order valence-corrected chi connectivity index (χ0v) is 11.2. The van der Waals surface area contributed by atoms with E-state index in [0.717, 1.165) is 11.5 Å².